The van der Waals surface area contributed by atoms with E-state index in [0.717, 1.165) is 0 Å². The van der Waals surface area contributed by atoms with Crippen molar-refractivity contribution in [3.05, 3.63) is 40.4 Å². The Balaban J connectivity index is 2.62. The van der Waals surface area contributed by atoms with Gasteiger partial charge in [-0.1, -0.05) is 17.7 Å². The Kier molecular flexibility index (Phi) is 2.98. The highest BCUT2D eigenvalue weighted by Gasteiger charge is 2.16. The Morgan fingerprint density at radius 2 is 2.18 bits per heavy atom. The fourth-order valence-electron chi connectivity index (χ4n) is 1.65. The molecule has 88 valence electrons. The highest BCUT2D eigenvalue weighted by molar-refractivity contribution is 6.33. The molecule has 1 aromatic carbocycles. The van der Waals surface area contributed by atoms with Crippen LogP contribution in [0.3, 0.4) is 0 Å². The topological polar surface area (TPSA) is 45.8 Å². The second-order valence-corrected chi connectivity index (χ2v) is 4.12. The molecule has 0 saturated heterocycles. The minimum absolute atomic E-state index is 0.169. The summed E-state index contributed by atoms with van der Waals surface area (Å²) >= 11 is 5.92. The van der Waals surface area contributed by atoms with Gasteiger partial charge in [0.05, 0.1) is 10.6 Å². The second-order valence-electron chi connectivity index (χ2n) is 3.71. The number of nitrogens with one attached hydrogen (secondary N) is 1. The summed E-state index contributed by atoms with van der Waals surface area (Å²) in [5, 5.41) is 0.258. The molecule has 3 nitrogen and oxygen atoms in total. The first-order valence-corrected chi connectivity index (χ1v) is 5.40. The summed E-state index contributed by atoms with van der Waals surface area (Å²) in [6, 6.07) is 4.39. The molecular weight excluding hydrogens is 243 g/mol. The van der Waals surface area contributed by atoms with Gasteiger partial charge in [-0.25, -0.2) is 9.37 Å². The van der Waals surface area contributed by atoms with Crippen molar-refractivity contribution in [1.29, 1.82) is 0 Å². The van der Waals surface area contributed by atoms with Crippen molar-refractivity contribution in [2.45, 2.75) is 13.8 Å². The second kappa shape index (κ2) is 4.30. The van der Waals surface area contributed by atoms with E-state index in [2.05, 4.69) is 9.97 Å². The SMILES string of the molecule is CC(=O)c1nc(-c2c(F)cccc2Cl)[nH]c1C. The smallest absolute Gasteiger partial charge is 0.179 e. The molecule has 1 aromatic heterocycles. The number of nitrogens with zero attached hydrogens (tertiary/aromatic N) is 1. The van der Waals surface area contributed by atoms with Crippen LogP contribution >= 0.6 is 11.6 Å². The normalized spacial score (nSPS) is 10.6. The molecule has 0 spiro atoms. The van der Waals surface area contributed by atoms with E-state index in [0.29, 0.717) is 11.4 Å². The zero-order valence-electron chi connectivity index (χ0n) is 9.34. The van der Waals surface area contributed by atoms with E-state index in [1.54, 1.807) is 13.0 Å². The molecule has 1 heterocycles. The van der Waals surface area contributed by atoms with Gasteiger partial charge < -0.3 is 4.98 Å². The third-order valence-corrected chi connectivity index (χ3v) is 2.73. The highest BCUT2D eigenvalue weighted by Crippen LogP contribution is 2.29. The minimum atomic E-state index is -0.471. The van der Waals surface area contributed by atoms with Gasteiger partial charge in [0, 0.05) is 12.6 Å². The van der Waals surface area contributed by atoms with E-state index >= 15 is 0 Å². The highest BCUT2D eigenvalue weighted by atomic mass is 35.5. The first-order chi connectivity index (χ1) is 8.00. The number of halogens is 2. The molecule has 0 fully saturated rings. The Hall–Kier alpha value is -1.68. The quantitative estimate of drug-likeness (QED) is 0.833. The number of imidazole rings is 1. The monoisotopic (exact) mass is 252 g/mol. The first-order valence-electron chi connectivity index (χ1n) is 5.02. The van der Waals surface area contributed by atoms with Gasteiger partial charge in [-0.2, -0.15) is 0 Å². The van der Waals surface area contributed by atoms with E-state index in [4.69, 9.17) is 11.6 Å². The van der Waals surface area contributed by atoms with Crippen molar-refractivity contribution in [2.75, 3.05) is 0 Å². The number of Topliss-reactive ketones (excluding diaryl/α,β-unsaturated/α-hetero) is 1. The predicted octanol–water partition coefficient (Wildman–Crippen LogP) is 3.38. The molecule has 1 N–H and O–H groups in total. The predicted molar refractivity (Wildman–Crippen MR) is 63.7 cm³/mol. The van der Waals surface area contributed by atoms with Crippen LogP contribution in [-0.2, 0) is 0 Å². The minimum Gasteiger partial charge on any atom is -0.341 e. The van der Waals surface area contributed by atoms with Gasteiger partial charge in [0.1, 0.15) is 17.3 Å². The maximum Gasteiger partial charge on any atom is 0.179 e. The van der Waals surface area contributed by atoms with Crippen LogP contribution in [0.4, 0.5) is 4.39 Å². The van der Waals surface area contributed by atoms with Crippen LogP contribution in [0.1, 0.15) is 23.1 Å². The van der Waals surface area contributed by atoms with Gasteiger partial charge in [-0.05, 0) is 19.1 Å². The van der Waals surface area contributed by atoms with E-state index in [1.165, 1.54) is 19.1 Å². The molecule has 0 aliphatic heterocycles. The number of aromatic amines is 1. The molecule has 0 unspecified atom stereocenters. The van der Waals surface area contributed by atoms with Gasteiger partial charge in [-0.3, -0.25) is 4.79 Å². The third-order valence-electron chi connectivity index (χ3n) is 2.42. The number of rotatable bonds is 2. The summed E-state index contributed by atoms with van der Waals surface area (Å²) in [6.07, 6.45) is 0. The summed E-state index contributed by atoms with van der Waals surface area (Å²) in [5.74, 6) is -0.366. The molecule has 2 aromatic rings. The number of H-pyrrole nitrogens is 1. The Morgan fingerprint density at radius 1 is 1.47 bits per heavy atom. The summed E-state index contributed by atoms with van der Waals surface area (Å²) in [5.41, 5.74) is 1.09. The van der Waals surface area contributed by atoms with E-state index in [-0.39, 0.29) is 22.2 Å². The number of aromatic nitrogens is 2. The molecule has 0 atom stereocenters. The first kappa shape index (κ1) is 11.8. The van der Waals surface area contributed by atoms with Crippen molar-refractivity contribution in [3.63, 3.8) is 0 Å². The standard InChI is InChI=1S/C12H10ClFN2O/c1-6-11(7(2)17)16-12(15-6)10-8(13)4-3-5-9(10)14/h3-5H,1-2H3,(H,15,16). The van der Waals surface area contributed by atoms with Crippen LogP contribution in [0.25, 0.3) is 11.4 Å². The molecule has 2 rings (SSSR count). The van der Waals surface area contributed by atoms with Crippen LogP contribution < -0.4 is 0 Å². The van der Waals surface area contributed by atoms with Gasteiger partial charge in [0.25, 0.3) is 0 Å². The van der Waals surface area contributed by atoms with Crippen LogP contribution in [0, 0.1) is 12.7 Å². The number of hydrogen-bond donors (Lipinski definition) is 1. The van der Waals surface area contributed by atoms with E-state index in [9.17, 15) is 9.18 Å². The average molecular weight is 253 g/mol. The third kappa shape index (κ3) is 2.08. The van der Waals surface area contributed by atoms with Crippen molar-refractivity contribution >= 4 is 17.4 Å². The lowest BCUT2D eigenvalue weighted by molar-refractivity contribution is 0.101. The zero-order valence-corrected chi connectivity index (χ0v) is 10.1. The van der Waals surface area contributed by atoms with E-state index < -0.39 is 5.82 Å². The average Bonchev–Trinajstić information content (AvgIpc) is 2.60. The molecule has 0 aliphatic rings. The van der Waals surface area contributed by atoms with Gasteiger partial charge in [0.2, 0.25) is 0 Å². The maximum absolute atomic E-state index is 13.6. The van der Waals surface area contributed by atoms with Crippen LogP contribution in [0.15, 0.2) is 18.2 Å². The summed E-state index contributed by atoms with van der Waals surface area (Å²) in [6.45, 7) is 3.12. The van der Waals surface area contributed by atoms with Crippen molar-refractivity contribution in [3.8, 4) is 11.4 Å². The molecule has 0 aliphatic carbocycles. The summed E-state index contributed by atoms with van der Waals surface area (Å²) in [4.78, 5) is 18.2. The lowest BCUT2D eigenvalue weighted by Crippen LogP contribution is -1.94. The Labute approximate surface area is 103 Å². The molecule has 17 heavy (non-hydrogen) atoms. The van der Waals surface area contributed by atoms with Crippen molar-refractivity contribution < 1.29 is 9.18 Å². The molecule has 0 bridgehead atoms. The lowest BCUT2D eigenvalue weighted by atomic mass is 10.2. The fourth-order valence-corrected chi connectivity index (χ4v) is 1.90. The largest absolute Gasteiger partial charge is 0.341 e. The number of aryl methyl sites for hydroxylation is 1. The summed E-state index contributed by atoms with van der Waals surface area (Å²) < 4.78 is 13.6. The fraction of sp³-hybridized carbons (Fsp3) is 0.167. The van der Waals surface area contributed by atoms with Gasteiger partial charge in [-0.15, -0.1) is 0 Å². The van der Waals surface area contributed by atoms with Crippen LogP contribution in [0.5, 0.6) is 0 Å². The number of benzene rings is 1. The van der Waals surface area contributed by atoms with Crippen molar-refractivity contribution in [1.82, 2.24) is 9.97 Å². The van der Waals surface area contributed by atoms with Crippen LogP contribution in [0.2, 0.25) is 5.02 Å². The summed E-state index contributed by atoms with van der Waals surface area (Å²) in [7, 11) is 0. The molecule has 0 amide bonds. The van der Waals surface area contributed by atoms with Gasteiger partial charge in [0.15, 0.2) is 5.78 Å². The molecule has 0 radical (unpaired) electrons. The maximum atomic E-state index is 13.6. The zero-order chi connectivity index (χ0) is 12.6. The molecule has 5 heteroatoms. The number of ketones is 1. The Bertz CT molecular complexity index is 572. The molecule has 0 saturated carbocycles. The molecular formula is C12H10ClFN2O. The Morgan fingerprint density at radius 3 is 2.71 bits per heavy atom. The number of carbonyl (C=O) groups excluding carboxylic acids is 1. The van der Waals surface area contributed by atoms with Gasteiger partial charge >= 0.3 is 0 Å². The lowest BCUT2D eigenvalue weighted by Gasteiger charge is -2.01. The van der Waals surface area contributed by atoms with E-state index in [1.807, 2.05) is 0 Å². The number of hydrogen-bond acceptors (Lipinski definition) is 2. The van der Waals surface area contributed by atoms with Crippen molar-refractivity contribution in [2.24, 2.45) is 0 Å². The number of carbonyl (C=O) groups is 1. The van der Waals surface area contributed by atoms with Crippen LogP contribution in [-0.4, -0.2) is 15.8 Å².